The SMILES string of the molecule is N[C@H](CO)[C@@H]1[C@H](O)[C@H](O)CN1C(=O)OCc1ccccc1. The lowest BCUT2D eigenvalue weighted by atomic mass is 10.0. The summed E-state index contributed by atoms with van der Waals surface area (Å²) in [4.78, 5) is 13.3. The monoisotopic (exact) mass is 296 g/mol. The quantitative estimate of drug-likeness (QED) is 0.569. The molecule has 1 saturated heterocycles. The lowest BCUT2D eigenvalue weighted by molar-refractivity contribution is 0.0234. The van der Waals surface area contributed by atoms with E-state index in [2.05, 4.69) is 0 Å². The fourth-order valence-electron chi connectivity index (χ4n) is 2.43. The van der Waals surface area contributed by atoms with Crippen LogP contribution in [0.4, 0.5) is 4.79 Å². The zero-order valence-corrected chi connectivity index (χ0v) is 11.5. The van der Waals surface area contributed by atoms with E-state index in [0.29, 0.717) is 0 Å². The molecule has 5 N–H and O–H groups in total. The first-order valence-corrected chi connectivity index (χ1v) is 6.74. The second-order valence-corrected chi connectivity index (χ2v) is 5.09. The van der Waals surface area contributed by atoms with Gasteiger partial charge in [-0.1, -0.05) is 30.3 Å². The summed E-state index contributed by atoms with van der Waals surface area (Å²) in [5.74, 6) is 0. The number of aliphatic hydroxyl groups excluding tert-OH is 3. The van der Waals surface area contributed by atoms with Gasteiger partial charge >= 0.3 is 6.09 Å². The van der Waals surface area contributed by atoms with Crippen molar-refractivity contribution in [3.63, 3.8) is 0 Å². The van der Waals surface area contributed by atoms with E-state index in [-0.39, 0.29) is 13.2 Å². The second kappa shape index (κ2) is 6.86. The second-order valence-electron chi connectivity index (χ2n) is 5.09. The van der Waals surface area contributed by atoms with Crippen LogP contribution in [0.5, 0.6) is 0 Å². The van der Waals surface area contributed by atoms with E-state index in [1.807, 2.05) is 30.3 Å². The highest BCUT2D eigenvalue weighted by atomic mass is 16.6. The summed E-state index contributed by atoms with van der Waals surface area (Å²) in [5.41, 5.74) is 6.52. The summed E-state index contributed by atoms with van der Waals surface area (Å²) in [6, 6.07) is 7.44. The normalized spacial score (nSPS) is 26.7. The summed E-state index contributed by atoms with van der Waals surface area (Å²) in [6.45, 7) is -0.395. The standard InChI is InChI=1S/C14H20N2O5/c15-10(7-17)12-13(19)11(18)6-16(12)14(20)21-8-9-4-2-1-3-5-9/h1-5,10-13,17-19H,6-8,15H2/t10-,11-,12-,13-/m1/s1. The minimum Gasteiger partial charge on any atom is -0.445 e. The Hall–Kier alpha value is -1.67. The van der Waals surface area contributed by atoms with E-state index in [4.69, 9.17) is 15.6 Å². The van der Waals surface area contributed by atoms with E-state index in [0.717, 1.165) is 5.56 Å². The minimum atomic E-state index is -1.20. The number of hydrogen-bond donors (Lipinski definition) is 4. The van der Waals surface area contributed by atoms with Crippen molar-refractivity contribution in [3.8, 4) is 0 Å². The Balaban J connectivity index is 2.00. The molecule has 7 nitrogen and oxygen atoms in total. The Morgan fingerprint density at radius 2 is 2.05 bits per heavy atom. The molecular formula is C14H20N2O5. The van der Waals surface area contributed by atoms with Crippen molar-refractivity contribution in [3.05, 3.63) is 35.9 Å². The van der Waals surface area contributed by atoms with Gasteiger partial charge in [-0.3, -0.25) is 4.90 Å². The molecule has 4 atom stereocenters. The molecule has 2 rings (SSSR count). The van der Waals surface area contributed by atoms with Crippen LogP contribution in [0, 0.1) is 0 Å². The van der Waals surface area contributed by atoms with E-state index in [1.54, 1.807) is 0 Å². The van der Waals surface area contributed by atoms with Crippen LogP contribution in [0.2, 0.25) is 0 Å². The van der Waals surface area contributed by atoms with Crippen LogP contribution < -0.4 is 5.73 Å². The number of aliphatic hydroxyl groups is 3. The number of amides is 1. The number of rotatable bonds is 4. The van der Waals surface area contributed by atoms with Gasteiger partial charge < -0.3 is 25.8 Å². The van der Waals surface area contributed by atoms with Crippen LogP contribution in [-0.4, -0.2) is 63.8 Å². The van der Waals surface area contributed by atoms with Gasteiger partial charge in [-0.05, 0) is 5.56 Å². The zero-order valence-electron chi connectivity index (χ0n) is 11.5. The van der Waals surface area contributed by atoms with Crippen LogP contribution in [-0.2, 0) is 11.3 Å². The highest BCUT2D eigenvalue weighted by Crippen LogP contribution is 2.22. The van der Waals surface area contributed by atoms with Gasteiger partial charge in [-0.25, -0.2) is 4.79 Å². The fraction of sp³-hybridized carbons (Fsp3) is 0.500. The molecule has 1 aromatic carbocycles. The number of ether oxygens (including phenoxy) is 1. The molecule has 1 aliphatic rings. The van der Waals surface area contributed by atoms with Crippen LogP contribution in [0.15, 0.2) is 30.3 Å². The van der Waals surface area contributed by atoms with Gasteiger partial charge in [0.2, 0.25) is 0 Å². The number of β-amino-alcohol motifs (C(OH)–C–C–N with tert-alkyl or cyclic N) is 1. The summed E-state index contributed by atoms with van der Waals surface area (Å²) < 4.78 is 5.16. The third-order valence-corrected chi connectivity index (χ3v) is 3.58. The first kappa shape index (κ1) is 15.7. The predicted octanol–water partition coefficient (Wildman–Crippen LogP) is -0.951. The molecule has 0 saturated carbocycles. The molecule has 0 aromatic heterocycles. The molecule has 0 bridgehead atoms. The Kier molecular flexibility index (Phi) is 5.13. The molecule has 116 valence electrons. The highest BCUT2D eigenvalue weighted by Gasteiger charge is 2.45. The Morgan fingerprint density at radius 1 is 1.38 bits per heavy atom. The van der Waals surface area contributed by atoms with Crippen LogP contribution in [0.25, 0.3) is 0 Å². The molecule has 0 aliphatic carbocycles. The van der Waals surface area contributed by atoms with Crippen molar-refractivity contribution in [1.29, 1.82) is 0 Å². The van der Waals surface area contributed by atoms with Gasteiger partial charge in [0.15, 0.2) is 0 Å². The Labute approximate surface area is 122 Å². The molecule has 1 aromatic rings. The molecule has 1 amide bonds. The number of nitrogens with zero attached hydrogens (tertiary/aromatic N) is 1. The maximum Gasteiger partial charge on any atom is 0.410 e. The number of likely N-dealkylation sites (tertiary alicyclic amines) is 1. The highest BCUT2D eigenvalue weighted by molar-refractivity contribution is 5.69. The number of nitrogens with two attached hydrogens (primary N) is 1. The third kappa shape index (κ3) is 3.51. The molecule has 1 heterocycles. The van der Waals surface area contributed by atoms with Crippen molar-refractivity contribution < 1.29 is 24.9 Å². The summed E-state index contributed by atoms with van der Waals surface area (Å²) >= 11 is 0. The van der Waals surface area contributed by atoms with Crippen molar-refractivity contribution in [2.45, 2.75) is 30.9 Å². The third-order valence-electron chi connectivity index (χ3n) is 3.58. The van der Waals surface area contributed by atoms with Crippen LogP contribution in [0.3, 0.4) is 0 Å². The van der Waals surface area contributed by atoms with Gasteiger partial charge in [0.05, 0.1) is 31.3 Å². The van der Waals surface area contributed by atoms with E-state index in [1.165, 1.54) is 4.90 Å². The average molecular weight is 296 g/mol. The first-order chi connectivity index (χ1) is 10.0. The smallest absolute Gasteiger partial charge is 0.410 e. The molecule has 0 spiro atoms. The fourth-order valence-corrected chi connectivity index (χ4v) is 2.43. The molecule has 1 aliphatic heterocycles. The Bertz CT molecular complexity index is 470. The summed E-state index contributed by atoms with van der Waals surface area (Å²) in [7, 11) is 0. The topological polar surface area (TPSA) is 116 Å². The summed E-state index contributed by atoms with van der Waals surface area (Å²) in [5, 5.41) is 28.7. The minimum absolute atomic E-state index is 0.0762. The van der Waals surface area contributed by atoms with E-state index < -0.39 is 37.0 Å². The maximum atomic E-state index is 12.1. The van der Waals surface area contributed by atoms with Crippen molar-refractivity contribution in [1.82, 2.24) is 4.90 Å². The largest absolute Gasteiger partial charge is 0.445 e. The number of carbonyl (C=O) groups is 1. The van der Waals surface area contributed by atoms with Gasteiger partial charge in [-0.15, -0.1) is 0 Å². The summed E-state index contributed by atoms with van der Waals surface area (Å²) in [6.07, 6.45) is -2.98. The van der Waals surface area contributed by atoms with Crippen molar-refractivity contribution in [2.75, 3.05) is 13.2 Å². The lowest BCUT2D eigenvalue weighted by Crippen LogP contribution is -2.53. The van der Waals surface area contributed by atoms with Crippen molar-refractivity contribution >= 4 is 6.09 Å². The molecular weight excluding hydrogens is 276 g/mol. The lowest BCUT2D eigenvalue weighted by Gasteiger charge is -2.29. The predicted molar refractivity (Wildman–Crippen MR) is 74.2 cm³/mol. The molecule has 0 unspecified atom stereocenters. The molecule has 21 heavy (non-hydrogen) atoms. The number of hydrogen-bond acceptors (Lipinski definition) is 6. The molecule has 1 fully saturated rings. The van der Waals surface area contributed by atoms with Gasteiger partial charge in [0.25, 0.3) is 0 Å². The first-order valence-electron chi connectivity index (χ1n) is 6.74. The number of benzene rings is 1. The van der Waals surface area contributed by atoms with Gasteiger partial charge in [0, 0.05) is 0 Å². The number of carbonyl (C=O) groups excluding carboxylic acids is 1. The molecule has 7 heteroatoms. The van der Waals surface area contributed by atoms with Crippen LogP contribution >= 0.6 is 0 Å². The van der Waals surface area contributed by atoms with Gasteiger partial charge in [0.1, 0.15) is 12.7 Å². The van der Waals surface area contributed by atoms with Gasteiger partial charge in [-0.2, -0.15) is 0 Å². The Morgan fingerprint density at radius 3 is 2.67 bits per heavy atom. The van der Waals surface area contributed by atoms with Crippen molar-refractivity contribution in [2.24, 2.45) is 5.73 Å². The zero-order chi connectivity index (χ0) is 15.4. The maximum absolute atomic E-state index is 12.1. The van der Waals surface area contributed by atoms with E-state index >= 15 is 0 Å². The average Bonchev–Trinajstić information content (AvgIpc) is 2.81. The molecule has 0 radical (unpaired) electrons. The van der Waals surface area contributed by atoms with E-state index in [9.17, 15) is 15.0 Å². The van der Waals surface area contributed by atoms with Crippen LogP contribution in [0.1, 0.15) is 5.56 Å².